The largest absolute Gasteiger partial charge is 0.480 e. The average molecular weight is 290 g/mol. The van der Waals surface area contributed by atoms with Gasteiger partial charge in [0.1, 0.15) is 5.82 Å². The van der Waals surface area contributed by atoms with Gasteiger partial charge in [0, 0.05) is 6.54 Å². The molecule has 1 N–H and O–H groups in total. The van der Waals surface area contributed by atoms with E-state index in [1.165, 1.54) is 6.07 Å². The number of hydrogen-bond acceptors (Lipinski definition) is 3. The molecule has 20 heavy (non-hydrogen) atoms. The molecule has 1 aromatic rings. The van der Waals surface area contributed by atoms with Crippen LogP contribution in [0.25, 0.3) is 0 Å². The van der Waals surface area contributed by atoms with Crippen molar-refractivity contribution in [3.05, 3.63) is 35.1 Å². The van der Waals surface area contributed by atoms with Gasteiger partial charge in [-0.25, -0.2) is 4.39 Å². The molecule has 4 nitrogen and oxygen atoms in total. The summed E-state index contributed by atoms with van der Waals surface area (Å²) in [5, 5.41) is 17.4. The molecule has 108 valence electrons. The summed E-state index contributed by atoms with van der Waals surface area (Å²) in [7, 11) is 0. The van der Waals surface area contributed by atoms with Crippen LogP contribution in [0, 0.1) is 17.1 Å². The van der Waals surface area contributed by atoms with Crippen LogP contribution >= 0.6 is 0 Å². The molecule has 0 aliphatic heterocycles. The first-order valence-corrected chi connectivity index (χ1v) is 5.40. The van der Waals surface area contributed by atoms with Crippen molar-refractivity contribution in [1.29, 1.82) is 5.26 Å². The summed E-state index contributed by atoms with van der Waals surface area (Å²) >= 11 is 0. The lowest BCUT2D eigenvalue weighted by Crippen LogP contribution is -2.37. The lowest BCUT2D eigenvalue weighted by Gasteiger charge is -2.22. The number of alkyl halides is 3. The van der Waals surface area contributed by atoms with Crippen LogP contribution in [0.5, 0.6) is 0 Å². The van der Waals surface area contributed by atoms with Crippen molar-refractivity contribution in [2.45, 2.75) is 12.7 Å². The van der Waals surface area contributed by atoms with Crippen LogP contribution in [0.15, 0.2) is 18.2 Å². The predicted octanol–water partition coefficient (Wildman–Crippen LogP) is 2.15. The summed E-state index contributed by atoms with van der Waals surface area (Å²) in [6, 6.07) is 4.72. The Kier molecular flexibility index (Phi) is 5.05. The van der Waals surface area contributed by atoms with Gasteiger partial charge in [0.05, 0.1) is 24.7 Å². The van der Waals surface area contributed by atoms with Crippen molar-refractivity contribution in [3.63, 3.8) is 0 Å². The SMILES string of the molecule is N#Cc1cc(F)ccc1CN(CC(=O)O)CC(F)(F)F. The van der Waals surface area contributed by atoms with Gasteiger partial charge in [-0.15, -0.1) is 0 Å². The Hall–Kier alpha value is -2.14. The summed E-state index contributed by atoms with van der Waals surface area (Å²) in [6.45, 7) is -2.67. The third-order valence-corrected chi connectivity index (χ3v) is 2.35. The summed E-state index contributed by atoms with van der Waals surface area (Å²) in [5.74, 6) is -2.11. The molecule has 0 fully saturated rings. The number of rotatable bonds is 5. The van der Waals surface area contributed by atoms with E-state index in [4.69, 9.17) is 10.4 Å². The number of nitriles is 1. The Morgan fingerprint density at radius 3 is 2.55 bits per heavy atom. The zero-order valence-electron chi connectivity index (χ0n) is 10.1. The zero-order valence-corrected chi connectivity index (χ0v) is 10.1. The summed E-state index contributed by atoms with van der Waals surface area (Å²) < 4.78 is 50.0. The third-order valence-electron chi connectivity index (χ3n) is 2.35. The van der Waals surface area contributed by atoms with E-state index < -0.39 is 37.6 Å². The number of benzene rings is 1. The number of carbonyl (C=O) groups is 1. The van der Waals surface area contributed by atoms with Crippen molar-refractivity contribution in [2.75, 3.05) is 13.1 Å². The molecular weight excluding hydrogens is 280 g/mol. The summed E-state index contributed by atoms with van der Waals surface area (Å²) in [4.78, 5) is 11.2. The highest BCUT2D eigenvalue weighted by Gasteiger charge is 2.31. The monoisotopic (exact) mass is 290 g/mol. The fourth-order valence-electron chi connectivity index (χ4n) is 1.64. The number of hydrogen-bond donors (Lipinski definition) is 1. The normalized spacial score (nSPS) is 11.4. The van der Waals surface area contributed by atoms with Gasteiger partial charge >= 0.3 is 12.1 Å². The molecule has 0 heterocycles. The van der Waals surface area contributed by atoms with Crippen molar-refractivity contribution in [2.24, 2.45) is 0 Å². The average Bonchev–Trinajstić information content (AvgIpc) is 2.28. The minimum absolute atomic E-state index is 0.123. The number of carboxylic acid groups (broad SMARTS) is 1. The first kappa shape index (κ1) is 15.9. The molecule has 0 saturated heterocycles. The second-order valence-corrected chi connectivity index (χ2v) is 4.07. The highest BCUT2D eigenvalue weighted by atomic mass is 19.4. The van der Waals surface area contributed by atoms with Crippen molar-refractivity contribution >= 4 is 5.97 Å². The smallest absolute Gasteiger partial charge is 0.401 e. The molecule has 0 aliphatic carbocycles. The van der Waals surface area contributed by atoms with Gasteiger partial charge in [0.15, 0.2) is 0 Å². The van der Waals surface area contributed by atoms with E-state index in [9.17, 15) is 22.4 Å². The van der Waals surface area contributed by atoms with E-state index in [0.717, 1.165) is 12.1 Å². The quantitative estimate of drug-likeness (QED) is 0.844. The van der Waals surface area contributed by atoms with Crippen molar-refractivity contribution < 1.29 is 27.5 Å². The molecule has 0 amide bonds. The molecule has 0 unspecified atom stereocenters. The molecule has 0 bridgehead atoms. The standard InChI is InChI=1S/C12H10F4N2O2/c13-10-2-1-8(9(3-10)4-17)5-18(6-11(19)20)7-12(14,15)16/h1-3H,5-7H2,(H,19,20). The van der Waals surface area contributed by atoms with E-state index in [2.05, 4.69) is 0 Å². The first-order chi connectivity index (χ1) is 9.21. The van der Waals surface area contributed by atoms with E-state index in [0.29, 0.717) is 4.90 Å². The fraction of sp³-hybridized carbons (Fsp3) is 0.333. The van der Waals surface area contributed by atoms with Gasteiger partial charge in [-0.05, 0) is 17.7 Å². The van der Waals surface area contributed by atoms with Crippen LogP contribution in [0.2, 0.25) is 0 Å². The van der Waals surface area contributed by atoms with Crippen LogP contribution in [0.4, 0.5) is 17.6 Å². The molecule has 8 heteroatoms. The summed E-state index contributed by atoms with van der Waals surface area (Å²) in [6.07, 6.45) is -4.57. The van der Waals surface area contributed by atoms with Crippen molar-refractivity contribution in [3.8, 4) is 6.07 Å². The van der Waals surface area contributed by atoms with E-state index in [1.807, 2.05) is 0 Å². The number of halogens is 4. The van der Waals surface area contributed by atoms with Gasteiger partial charge in [0.25, 0.3) is 0 Å². The minimum atomic E-state index is -4.57. The van der Waals surface area contributed by atoms with Crippen LogP contribution < -0.4 is 0 Å². The van der Waals surface area contributed by atoms with Crippen LogP contribution in [0.1, 0.15) is 11.1 Å². The molecule has 0 atom stereocenters. The summed E-state index contributed by atoms with van der Waals surface area (Å²) in [5.41, 5.74) is 0.0157. The van der Waals surface area contributed by atoms with Crippen LogP contribution in [-0.4, -0.2) is 35.2 Å². The second-order valence-electron chi connectivity index (χ2n) is 4.07. The molecule has 1 aromatic carbocycles. The van der Waals surface area contributed by atoms with E-state index >= 15 is 0 Å². The molecular formula is C12H10F4N2O2. The minimum Gasteiger partial charge on any atom is -0.480 e. The predicted molar refractivity (Wildman–Crippen MR) is 60.1 cm³/mol. The molecule has 0 aliphatic rings. The van der Waals surface area contributed by atoms with Crippen molar-refractivity contribution in [1.82, 2.24) is 4.90 Å². The van der Waals surface area contributed by atoms with Gasteiger partial charge in [-0.2, -0.15) is 18.4 Å². The number of carboxylic acids is 1. The second kappa shape index (κ2) is 6.34. The Bertz CT molecular complexity index is 537. The Labute approximate surface area is 111 Å². The molecule has 0 aromatic heterocycles. The van der Waals surface area contributed by atoms with Crippen LogP contribution in [-0.2, 0) is 11.3 Å². The Morgan fingerprint density at radius 1 is 1.40 bits per heavy atom. The first-order valence-electron chi connectivity index (χ1n) is 5.40. The van der Waals surface area contributed by atoms with Gasteiger partial charge in [-0.1, -0.05) is 6.07 Å². The molecule has 1 rings (SSSR count). The van der Waals surface area contributed by atoms with Gasteiger partial charge in [-0.3, -0.25) is 9.69 Å². The maximum Gasteiger partial charge on any atom is 0.401 e. The lowest BCUT2D eigenvalue weighted by molar-refractivity contribution is -0.154. The van der Waals surface area contributed by atoms with E-state index in [1.54, 1.807) is 6.07 Å². The highest BCUT2D eigenvalue weighted by Crippen LogP contribution is 2.19. The van der Waals surface area contributed by atoms with Crippen LogP contribution in [0.3, 0.4) is 0 Å². The number of nitrogens with zero attached hydrogens (tertiary/aromatic N) is 2. The molecule has 0 radical (unpaired) electrons. The fourth-order valence-corrected chi connectivity index (χ4v) is 1.64. The highest BCUT2D eigenvalue weighted by molar-refractivity contribution is 5.69. The topological polar surface area (TPSA) is 64.3 Å². The zero-order chi connectivity index (χ0) is 15.3. The van der Waals surface area contributed by atoms with E-state index in [-0.39, 0.29) is 11.1 Å². The maximum absolute atomic E-state index is 12.9. The third kappa shape index (κ3) is 5.24. The lowest BCUT2D eigenvalue weighted by atomic mass is 10.1. The van der Waals surface area contributed by atoms with Gasteiger partial charge in [0.2, 0.25) is 0 Å². The number of aliphatic carboxylic acids is 1. The van der Waals surface area contributed by atoms with Gasteiger partial charge < -0.3 is 5.11 Å². The maximum atomic E-state index is 12.9. The molecule has 0 saturated carbocycles. The Morgan fingerprint density at radius 2 is 2.05 bits per heavy atom. The molecule has 0 spiro atoms. The Balaban J connectivity index is 2.95.